The van der Waals surface area contributed by atoms with Crippen molar-refractivity contribution in [2.75, 3.05) is 0 Å². The fourth-order valence-corrected chi connectivity index (χ4v) is 2.40. The molecule has 3 aromatic rings. The van der Waals surface area contributed by atoms with Crippen LogP contribution in [0.3, 0.4) is 0 Å². The van der Waals surface area contributed by atoms with Gasteiger partial charge in [0.1, 0.15) is 12.4 Å². The number of hydrogen-bond acceptors (Lipinski definition) is 3. The molecule has 0 saturated heterocycles. The molecule has 132 valence electrons. The molecule has 0 atom stereocenters. The van der Waals surface area contributed by atoms with Gasteiger partial charge in [-0.25, -0.2) is 4.99 Å². The Labute approximate surface area is 153 Å². The van der Waals surface area contributed by atoms with Crippen LogP contribution in [-0.4, -0.2) is 10.9 Å². The number of nitrogens with one attached hydrogen (secondary N) is 1. The highest BCUT2D eigenvalue weighted by atomic mass is 16.5. The van der Waals surface area contributed by atoms with Crippen LogP contribution in [0.5, 0.6) is 5.75 Å². The molecule has 0 aliphatic heterocycles. The Balaban J connectivity index is 1.51. The Morgan fingerprint density at radius 3 is 2.58 bits per heavy atom. The van der Waals surface area contributed by atoms with Crippen LogP contribution in [0.4, 0.5) is 0 Å². The van der Waals surface area contributed by atoms with Crippen molar-refractivity contribution in [3.8, 4) is 5.75 Å². The molecule has 5 heteroatoms. The van der Waals surface area contributed by atoms with E-state index in [9.17, 15) is 0 Å². The van der Waals surface area contributed by atoms with Crippen LogP contribution in [0.25, 0.3) is 0 Å². The topological polar surface area (TPSA) is 72.5 Å². The number of hydrogen-bond donors (Lipinski definition) is 2. The minimum atomic E-state index is 0.425. The summed E-state index contributed by atoms with van der Waals surface area (Å²) < 4.78 is 5.79. The summed E-state index contributed by atoms with van der Waals surface area (Å²) >= 11 is 0. The van der Waals surface area contributed by atoms with E-state index in [0.29, 0.717) is 25.7 Å². The second-order valence-electron chi connectivity index (χ2n) is 5.80. The van der Waals surface area contributed by atoms with E-state index >= 15 is 0 Å². The zero-order chi connectivity index (χ0) is 18.0. The molecule has 1 aromatic heterocycles. The smallest absolute Gasteiger partial charge is 0.189 e. The van der Waals surface area contributed by atoms with E-state index in [-0.39, 0.29) is 0 Å². The molecule has 0 bridgehead atoms. The fourth-order valence-electron chi connectivity index (χ4n) is 2.40. The number of benzene rings is 2. The summed E-state index contributed by atoms with van der Waals surface area (Å²) in [7, 11) is 0. The fraction of sp³-hybridized carbons (Fsp3) is 0.143. The maximum absolute atomic E-state index is 5.94. The van der Waals surface area contributed by atoms with Crippen molar-refractivity contribution in [1.29, 1.82) is 0 Å². The van der Waals surface area contributed by atoms with Gasteiger partial charge in [0, 0.05) is 12.7 Å². The zero-order valence-corrected chi connectivity index (χ0v) is 14.5. The molecule has 0 fully saturated rings. The van der Waals surface area contributed by atoms with Gasteiger partial charge in [-0.05, 0) is 35.4 Å². The summed E-state index contributed by atoms with van der Waals surface area (Å²) in [6.07, 6.45) is 1.76. The van der Waals surface area contributed by atoms with Gasteiger partial charge in [-0.15, -0.1) is 0 Å². The van der Waals surface area contributed by atoms with Crippen molar-refractivity contribution in [1.82, 2.24) is 10.3 Å². The number of pyridine rings is 1. The molecule has 0 aliphatic carbocycles. The first kappa shape index (κ1) is 17.5. The molecular formula is C21H22N4O. The molecular weight excluding hydrogens is 324 g/mol. The van der Waals surface area contributed by atoms with Crippen LogP contribution in [-0.2, 0) is 19.7 Å². The third-order valence-corrected chi connectivity index (χ3v) is 3.76. The summed E-state index contributed by atoms with van der Waals surface area (Å²) in [6.45, 7) is 1.59. The molecule has 0 spiro atoms. The van der Waals surface area contributed by atoms with Gasteiger partial charge in [-0.2, -0.15) is 0 Å². The van der Waals surface area contributed by atoms with Crippen LogP contribution >= 0.6 is 0 Å². The molecule has 1 heterocycles. The summed E-state index contributed by atoms with van der Waals surface area (Å²) in [5.41, 5.74) is 9.03. The minimum Gasteiger partial charge on any atom is -0.487 e. The van der Waals surface area contributed by atoms with E-state index in [1.807, 2.05) is 72.8 Å². The first-order valence-corrected chi connectivity index (χ1v) is 8.49. The van der Waals surface area contributed by atoms with Gasteiger partial charge < -0.3 is 15.8 Å². The first-order chi connectivity index (χ1) is 12.8. The third kappa shape index (κ3) is 5.63. The highest BCUT2D eigenvalue weighted by Crippen LogP contribution is 2.15. The van der Waals surface area contributed by atoms with Crippen LogP contribution in [0.15, 0.2) is 84.0 Å². The maximum Gasteiger partial charge on any atom is 0.189 e. The Morgan fingerprint density at radius 1 is 0.962 bits per heavy atom. The Kier molecular flexibility index (Phi) is 6.20. The number of nitrogens with two attached hydrogens (primary N) is 1. The summed E-state index contributed by atoms with van der Waals surface area (Å²) in [5, 5.41) is 3.12. The average Bonchev–Trinajstić information content (AvgIpc) is 2.71. The Morgan fingerprint density at radius 2 is 1.77 bits per heavy atom. The highest BCUT2D eigenvalue weighted by Gasteiger charge is 2.00. The van der Waals surface area contributed by atoms with Crippen LogP contribution < -0.4 is 15.8 Å². The quantitative estimate of drug-likeness (QED) is 0.509. The van der Waals surface area contributed by atoms with Gasteiger partial charge >= 0.3 is 0 Å². The number of nitrogens with zero attached hydrogens (tertiary/aromatic N) is 2. The summed E-state index contributed by atoms with van der Waals surface area (Å²) in [6, 6.07) is 23.7. The van der Waals surface area contributed by atoms with E-state index in [4.69, 9.17) is 10.5 Å². The number of aliphatic imine (C=N–C) groups is 1. The SMILES string of the molecule is NC(=NCc1cccc(OCc2ccccn2)c1)NCc1ccccc1. The van der Waals surface area contributed by atoms with Crippen molar-refractivity contribution < 1.29 is 4.74 Å². The second kappa shape index (κ2) is 9.22. The van der Waals surface area contributed by atoms with E-state index in [2.05, 4.69) is 15.3 Å². The lowest BCUT2D eigenvalue weighted by molar-refractivity contribution is 0.301. The van der Waals surface area contributed by atoms with Crippen LogP contribution in [0.1, 0.15) is 16.8 Å². The van der Waals surface area contributed by atoms with E-state index in [1.54, 1.807) is 6.20 Å². The van der Waals surface area contributed by atoms with Crippen LogP contribution in [0, 0.1) is 0 Å². The molecule has 2 aromatic carbocycles. The van der Waals surface area contributed by atoms with E-state index in [1.165, 1.54) is 0 Å². The largest absolute Gasteiger partial charge is 0.487 e. The van der Waals surface area contributed by atoms with Gasteiger partial charge in [0.05, 0.1) is 12.2 Å². The molecule has 26 heavy (non-hydrogen) atoms. The monoisotopic (exact) mass is 346 g/mol. The second-order valence-corrected chi connectivity index (χ2v) is 5.80. The summed E-state index contributed by atoms with van der Waals surface area (Å²) in [5.74, 6) is 1.22. The molecule has 3 N–H and O–H groups in total. The lowest BCUT2D eigenvalue weighted by Crippen LogP contribution is -2.31. The van der Waals surface area contributed by atoms with Gasteiger partial charge in [0.15, 0.2) is 5.96 Å². The molecule has 0 saturated carbocycles. The van der Waals surface area contributed by atoms with E-state index in [0.717, 1.165) is 22.6 Å². The maximum atomic E-state index is 5.94. The number of guanidine groups is 1. The lowest BCUT2D eigenvalue weighted by atomic mass is 10.2. The van der Waals surface area contributed by atoms with Gasteiger partial charge in [0.25, 0.3) is 0 Å². The third-order valence-electron chi connectivity index (χ3n) is 3.76. The van der Waals surface area contributed by atoms with Crippen molar-refractivity contribution in [2.45, 2.75) is 19.7 Å². The standard InChI is InChI=1S/C21H22N4O/c22-21(24-14-17-7-2-1-3-8-17)25-15-18-9-6-11-20(13-18)26-16-19-10-4-5-12-23-19/h1-13H,14-16H2,(H3,22,24,25). The minimum absolute atomic E-state index is 0.425. The highest BCUT2D eigenvalue weighted by molar-refractivity contribution is 5.77. The zero-order valence-electron chi connectivity index (χ0n) is 14.5. The predicted molar refractivity (Wildman–Crippen MR) is 104 cm³/mol. The predicted octanol–water partition coefficient (Wildman–Crippen LogP) is 3.27. The molecule has 0 aliphatic rings. The van der Waals surface area contributed by atoms with Crippen molar-refractivity contribution in [2.24, 2.45) is 10.7 Å². The summed E-state index contributed by atoms with van der Waals surface area (Å²) in [4.78, 5) is 8.63. The Hall–Kier alpha value is -3.34. The molecule has 0 amide bonds. The molecule has 3 rings (SSSR count). The van der Waals surface area contributed by atoms with Gasteiger partial charge in [0.2, 0.25) is 0 Å². The lowest BCUT2D eigenvalue weighted by Gasteiger charge is -2.08. The van der Waals surface area contributed by atoms with Crippen molar-refractivity contribution >= 4 is 5.96 Å². The van der Waals surface area contributed by atoms with Gasteiger partial charge in [-0.1, -0.05) is 48.5 Å². The molecule has 0 unspecified atom stereocenters. The molecule has 0 radical (unpaired) electrons. The van der Waals surface area contributed by atoms with E-state index < -0.39 is 0 Å². The molecule has 5 nitrogen and oxygen atoms in total. The van der Waals surface area contributed by atoms with Gasteiger partial charge in [-0.3, -0.25) is 4.98 Å². The number of rotatable bonds is 7. The number of ether oxygens (including phenoxy) is 1. The first-order valence-electron chi connectivity index (χ1n) is 8.49. The average molecular weight is 346 g/mol. The van der Waals surface area contributed by atoms with Crippen molar-refractivity contribution in [3.05, 3.63) is 95.8 Å². The normalized spacial score (nSPS) is 11.2. The van der Waals surface area contributed by atoms with Crippen molar-refractivity contribution in [3.63, 3.8) is 0 Å². The Bertz CT molecular complexity index is 835. The number of aromatic nitrogens is 1. The van der Waals surface area contributed by atoms with Crippen LogP contribution in [0.2, 0.25) is 0 Å².